The summed E-state index contributed by atoms with van der Waals surface area (Å²) in [4.78, 5) is 10.2. The molecule has 1 aliphatic heterocycles. The molecule has 0 bridgehead atoms. The molecule has 0 amide bonds. The summed E-state index contributed by atoms with van der Waals surface area (Å²) in [7, 11) is -3.81. The third-order valence-corrected chi connectivity index (χ3v) is 7.44. The number of hydrogen-bond donors (Lipinski definition) is 0. The number of nitrogens with zero attached hydrogens (tertiary/aromatic N) is 2. The Kier molecular flexibility index (Phi) is 5.67. The molecule has 6 nitrogen and oxygen atoms in total. The van der Waals surface area contributed by atoms with Gasteiger partial charge in [0, 0.05) is 28.5 Å². The van der Waals surface area contributed by atoms with Gasteiger partial charge in [-0.1, -0.05) is 39.7 Å². The van der Waals surface area contributed by atoms with E-state index in [0.717, 1.165) is 18.4 Å². The van der Waals surface area contributed by atoms with E-state index in [0.29, 0.717) is 11.6 Å². The minimum atomic E-state index is -3.81. The molecular weight excluding hydrogens is 444 g/mol. The van der Waals surface area contributed by atoms with Crippen LogP contribution in [-0.2, 0) is 10.0 Å². The lowest BCUT2D eigenvalue weighted by molar-refractivity contribution is -0.384. The fourth-order valence-electron chi connectivity index (χ4n) is 3.13. The lowest BCUT2D eigenvalue weighted by Gasteiger charge is -2.38. The van der Waals surface area contributed by atoms with Crippen LogP contribution in [0, 0.1) is 10.1 Å². The summed E-state index contributed by atoms with van der Waals surface area (Å²) in [5, 5.41) is 11.3. The number of nitro benzene ring substituents is 1. The van der Waals surface area contributed by atoms with Crippen LogP contribution >= 0.6 is 27.5 Å². The minimum absolute atomic E-state index is 0.0386. The van der Waals surface area contributed by atoms with Crippen LogP contribution in [0.5, 0.6) is 0 Å². The first kappa shape index (κ1) is 19.3. The van der Waals surface area contributed by atoms with Gasteiger partial charge < -0.3 is 0 Å². The number of halogens is 2. The van der Waals surface area contributed by atoms with Crippen molar-refractivity contribution in [1.82, 2.24) is 4.31 Å². The number of sulfonamides is 1. The highest BCUT2D eigenvalue weighted by molar-refractivity contribution is 9.09. The zero-order valence-corrected chi connectivity index (χ0v) is 16.7. The fraction of sp³-hybridized carbons (Fsp3) is 0.294. The van der Waals surface area contributed by atoms with Gasteiger partial charge in [0.05, 0.1) is 15.9 Å². The number of piperidine rings is 1. The van der Waals surface area contributed by atoms with Gasteiger partial charge in [-0.3, -0.25) is 10.1 Å². The Morgan fingerprint density at radius 1 is 1.19 bits per heavy atom. The highest BCUT2D eigenvalue weighted by atomic mass is 79.9. The number of hydrogen-bond acceptors (Lipinski definition) is 4. The van der Waals surface area contributed by atoms with Crippen molar-refractivity contribution < 1.29 is 13.3 Å². The van der Waals surface area contributed by atoms with E-state index in [1.165, 1.54) is 28.6 Å². The summed E-state index contributed by atoms with van der Waals surface area (Å²) in [6.07, 6.45) is 1.56. The predicted molar refractivity (Wildman–Crippen MR) is 103 cm³/mol. The second-order valence-corrected chi connectivity index (χ2v) is 9.53. The van der Waals surface area contributed by atoms with Gasteiger partial charge in [0.1, 0.15) is 0 Å². The van der Waals surface area contributed by atoms with Gasteiger partial charge in [-0.2, -0.15) is 4.31 Å². The second-order valence-electron chi connectivity index (χ2n) is 6.02. The molecule has 0 aliphatic carbocycles. The Bertz CT molecular complexity index is 921. The monoisotopic (exact) mass is 458 g/mol. The topological polar surface area (TPSA) is 80.5 Å². The Morgan fingerprint density at radius 3 is 2.50 bits per heavy atom. The maximum Gasteiger partial charge on any atom is 0.269 e. The second kappa shape index (κ2) is 7.64. The summed E-state index contributed by atoms with van der Waals surface area (Å²) in [5.74, 6) is 0. The summed E-state index contributed by atoms with van der Waals surface area (Å²) in [6.45, 7) is 0.374. The molecule has 26 heavy (non-hydrogen) atoms. The number of benzene rings is 2. The Hall–Kier alpha value is -1.48. The molecule has 0 radical (unpaired) electrons. The molecule has 3 rings (SSSR count). The van der Waals surface area contributed by atoms with E-state index >= 15 is 0 Å². The van der Waals surface area contributed by atoms with E-state index < -0.39 is 21.0 Å². The van der Waals surface area contributed by atoms with Crippen LogP contribution < -0.4 is 0 Å². The van der Waals surface area contributed by atoms with Crippen molar-refractivity contribution in [2.75, 3.05) is 6.54 Å². The van der Waals surface area contributed by atoms with Crippen LogP contribution in [0.2, 0.25) is 5.02 Å². The van der Waals surface area contributed by atoms with Gasteiger partial charge >= 0.3 is 0 Å². The Morgan fingerprint density at radius 2 is 1.88 bits per heavy atom. The average Bonchev–Trinajstić information content (AvgIpc) is 2.61. The first-order chi connectivity index (χ1) is 12.3. The molecule has 0 aromatic heterocycles. The summed E-state index contributed by atoms with van der Waals surface area (Å²) >= 11 is 9.70. The fourth-order valence-corrected chi connectivity index (χ4v) is 6.09. The number of rotatable bonds is 4. The molecule has 0 spiro atoms. The standard InChI is InChI=1S/C17H16BrClN2O4S/c18-16-5-2-10-20(17(16)12-3-1-4-13(19)11-12)26(24,25)15-8-6-14(7-9-15)21(22)23/h1,3-4,6-9,11,16-17H,2,5,10H2/t16-,17+/m0/s1. The minimum Gasteiger partial charge on any atom is -0.258 e. The molecule has 1 saturated heterocycles. The largest absolute Gasteiger partial charge is 0.269 e. The Labute approximate surface area is 165 Å². The van der Waals surface area contributed by atoms with Gasteiger partial charge in [0.15, 0.2) is 0 Å². The average molecular weight is 460 g/mol. The van der Waals surface area contributed by atoms with E-state index in [9.17, 15) is 18.5 Å². The quantitative estimate of drug-likeness (QED) is 0.382. The molecule has 0 unspecified atom stereocenters. The maximum absolute atomic E-state index is 13.2. The lowest BCUT2D eigenvalue weighted by Crippen LogP contribution is -2.43. The van der Waals surface area contributed by atoms with E-state index in [1.54, 1.807) is 18.2 Å². The maximum atomic E-state index is 13.2. The van der Waals surface area contributed by atoms with Crippen molar-refractivity contribution in [1.29, 1.82) is 0 Å². The van der Waals surface area contributed by atoms with Crippen molar-refractivity contribution in [2.24, 2.45) is 0 Å². The van der Waals surface area contributed by atoms with Gasteiger partial charge in [0.2, 0.25) is 10.0 Å². The van der Waals surface area contributed by atoms with Crippen LogP contribution in [-0.4, -0.2) is 29.0 Å². The lowest BCUT2D eigenvalue weighted by atomic mass is 9.97. The smallest absolute Gasteiger partial charge is 0.258 e. The van der Waals surface area contributed by atoms with E-state index in [-0.39, 0.29) is 15.4 Å². The highest BCUT2D eigenvalue weighted by Crippen LogP contribution is 2.40. The van der Waals surface area contributed by atoms with E-state index in [2.05, 4.69) is 15.9 Å². The zero-order valence-electron chi connectivity index (χ0n) is 13.6. The molecule has 2 atom stereocenters. The molecule has 9 heteroatoms. The SMILES string of the molecule is O=[N+]([O-])c1ccc(S(=O)(=O)N2CCC[C@H](Br)[C@H]2c2cccc(Cl)c2)cc1. The van der Waals surface area contributed by atoms with Crippen LogP contribution in [0.1, 0.15) is 24.4 Å². The first-order valence-electron chi connectivity index (χ1n) is 7.96. The molecule has 138 valence electrons. The van der Waals surface area contributed by atoms with Crippen molar-refractivity contribution in [2.45, 2.75) is 28.6 Å². The molecular formula is C17H16BrClN2O4S. The molecule has 1 fully saturated rings. The highest BCUT2D eigenvalue weighted by Gasteiger charge is 2.39. The van der Waals surface area contributed by atoms with E-state index in [4.69, 9.17) is 11.6 Å². The van der Waals surface area contributed by atoms with Crippen molar-refractivity contribution >= 4 is 43.2 Å². The van der Waals surface area contributed by atoms with Crippen LogP contribution in [0.15, 0.2) is 53.4 Å². The summed E-state index contributed by atoms with van der Waals surface area (Å²) in [6, 6.07) is 11.7. The van der Waals surface area contributed by atoms with Gasteiger partial charge in [-0.25, -0.2) is 8.42 Å². The number of nitro groups is 1. The van der Waals surface area contributed by atoms with Crippen LogP contribution in [0.4, 0.5) is 5.69 Å². The Balaban J connectivity index is 2.01. The first-order valence-corrected chi connectivity index (χ1v) is 10.7. The molecule has 1 aliphatic rings. The van der Waals surface area contributed by atoms with Crippen molar-refractivity contribution in [3.8, 4) is 0 Å². The van der Waals surface area contributed by atoms with Crippen LogP contribution in [0.3, 0.4) is 0 Å². The summed E-state index contributed by atoms with van der Waals surface area (Å²) < 4.78 is 27.8. The van der Waals surface area contributed by atoms with Crippen molar-refractivity contribution in [3.05, 3.63) is 69.2 Å². The van der Waals surface area contributed by atoms with Crippen LogP contribution in [0.25, 0.3) is 0 Å². The van der Waals surface area contributed by atoms with Gasteiger partial charge in [0.25, 0.3) is 5.69 Å². The van der Waals surface area contributed by atoms with E-state index in [1.807, 2.05) is 6.07 Å². The zero-order chi connectivity index (χ0) is 18.9. The number of non-ortho nitro benzene ring substituents is 1. The molecule has 2 aromatic rings. The number of alkyl halides is 1. The normalized spacial score (nSPS) is 21.5. The molecule has 2 aromatic carbocycles. The van der Waals surface area contributed by atoms with Gasteiger partial charge in [-0.05, 0) is 42.7 Å². The molecule has 1 heterocycles. The summed E-state index contributed by atoms with van der Waals surface area (Å²) in [5.41, 5.74) is 0.664. The third kappa shape index (κ3) is 3.78. The molecule has 0 N–H and O–H groups in total. The van der Waals surface area contributed by atoms with Gasteiger partial charge in [-0.15, -0.1) is 0 Å². The third-order valence-electron chi connectivity index (χ3n) is 4.36. The van der Waals surface area contributed by atoms with Crippen molar-refractivity contribution in [3.63, 3.8) is 0 Å². The molecule has 0 saturated carbocycles. The predicted octanol–water partition coefficient (Wildman–Crippen LogP) is 4.54.